The number of rotatable bonds is 8. The summed E-state index contributed by atoms with van der Waals surface area (Å²) < 4.78 is 21.3. The maximum atomic E-state index is 12.2. The van der Waals surface area contributed by atoms with Gasteiger partial charge in [-0.1, -0.05) is 11.6 Å². The van der Waals surface area contributed by atoms with E-state index in [-0.39, 0.29) is 6.61 Å². The standard InChI is InChI=1S/C19H18BrClO6/c1-12(26-17-8-5-14(21)11-16(17)20)18(22)27-15-6-3-13(4-7-15)19(23)25-10-9-24-2/h3-8,11-12H,9-10H2,1-2H3. The average Bonchev–Trinajstić information content (AvgIpc) is 2.64. The Kier molecular flexibility index (Phi) is 8.09. The van der Waals surface area contributed by atoms with Crippen molar-refractivity contribution < 1.29 is 28.5 Å². The van der Waals surface area contributed by atoms with Gasteiger partial charge < -0.3 is 18.9 Å². The lowest BCUT2D eigenvalue weighted by Crippen LogP contribution is -2.28. The molecule has 0 aliphatic carbocycles. The van der Waals surface area contributed by atoms with Crippen LogP contribution < -0.4 is 9.47 Å². The van der Waals surface area contributed by atoms with Crippen LogP contribution in [0.1, 0.15) is 17.3 Å². The molecule has 2 aromatic rings. The fourth-order valence-corrected chi connectivity index (χ4v) is 2.74. The molecule has 0 radical (unpaired) electrons. The zero-order valence-electron chi connectivity index (χ0n) is 14.7. The summed E-state index contributed by atoms with van der Waals surface area (Å²) in [6, 6.07) is 11.0. The minimum atomic E-state index is -0.846. The van der Waals surface area contributed by atoms with Crippen LogP contribution >= 0.6 is 27.5 Å². The minimum Gasteiger partial charge on any atom is -0.478 e. The summed E-state index contributed by atoms with van der Waals surface area (Å²) in [6.45, 7) is 2.06. The Labute approximate surface area is 170 Å². The fraction of sp³-hybridized carbons (Fsp3) is 0.263. The van der Waals surface area contributed by atoms with Crippen molar-refractivity contribution in [3.63, 3.8) is 0 Å². The zero-order valence-corrected chi connectivity index (χ0v) is 17.1. The number of hydrogen-bond donors (Lipinski definition) is 0. The van der Waals surface area contributed by atoms with Gasteiger partial charge in [-0.3, -0.25) is 0 Å². The summed E-state index contributed by atoms with van der Waals surface area (Å²) in [5.41, 5.74) is 0.347. The van der Waals surface area contributed by atoms with E-state index in [1.54, 1.807) is 25.1 Å². The molecular weight excluding hydrogens is 440 g/mol. The number of benzene rings is 2. The Morgan fingerprint density at radius 3 is 2.44 bits per heavy atom. The third-order valence-electron chi connectivity index (χ3n) is 3.36. The smallest absolute Gasteiger partial charge is 0.352 e. The Hall–Kier alpha value is -2.09. The van der Waals surface area contributed by atoms with Gasteiger partial charge in [0, 0.05) is 12.1 Å². The summed E-state index contributed by atoms with van der Waals surface area (Å²) in [5, 5.41) is 0.547. The Morgan fingerprint density at radius 2 is 1.81 bits per heavy atom. The van der Waals surface area contributed by atoms with E-state index in [4.69, 9.17) is 30.5 Å². The van der Waals surface area contributed by atoms with E-state index in [0.29, 0.717) is 33.2 Å². The number of halogens is 2. The lowest BCUT2D eigenvalue weighted by atomic mass is 10.2. The average molecular weight is 458 g/mol. The number of ether oxygens (including phenoxy) is 4. The molecule has 2 aromatic carbocycles. The van der Waals surface area contributed by atoms with Crippen molar-refractivity contribution in [3.05, 3.63) is 57.5 Å². The molecule has 0 N–H and O–H groups in total. The third-order valence-corrected chi connectivity index (χ3v) is 4.21. The number of carbonyl (C=O) groups is 2. The van der Waals surface area contributed by atoms with Gasteiger partial charge in [0.05, 0.1) is 16.6 Å². The summed E-state index contributed by atoms with van der Waals surface area (Å²) in [7, 11) is 1.52. The van der Waals surface area contributed by atoms with Gasteiger partial charge >= 0.3 is 11.9 Å². The van der Waals surface area contributed by atoms with Crippen LogP contribution in [0.5, 0.6) is 11.5 Å². The van der Waals surface area contributed by atoms with Crippen molar-refractivity contribution in [3.8, 4) is 11.5 Å². The molecule has 8 heteroatoms. The van der Waals surface area contributed by atoms with E-state index < -0.39 is 18.0 Å². The van der Waals surface area contributed by atoms with Crippen molar-refractivity contribution >= 4 is 39.5 Å². The number of hydrogen-bond acceptors (Lipinski definition) is 6. The van der Waals surface area contributed by atoms with E-state index in [9.17, 15) is 9.59 Å². The van der Waals surface area contributed by atoms with Crippen LogP contribution in [-0.4, -0.2) is 38.4 Å². The van der Waals surface area contributed by atoms with E-state index in [0.717, 1.165) is 0 Å². The van der Waals surface area contributed by atoms with Gasteiger partial charge in [-0.05, 0) is 65.3 Å². The monoisotopic (exact) mass is 456 g/mol. The molecule has 0 aromatic heterocycles. The molecule has 0 aliphatic rings. The Bertz CT molecular complexity index is 793. The van der Waals surface area contributed by atoms with Gasteiger partial charge in [-0.15, -0.1) is 0 Å². The van der Waals surface area contributed by atoms with Crippen molar-refractivity contribution in [2.45, 2.75) is 13.0 Å². The van der Waals surface area contributed by atoms with E-state index >= 15 is 0 Å². The maximum absolute atomic E-state index is 12.2. The Balaban J connectivity index is 1.91. The molecule has 0 spiro atoms. The second-order valence-corrected chi connectivity index (χ2v) is 6.70. The third kappa shape index (κ3) is 6.53. The molecule has 0 fully saturated rings. The molecule has 0 bridgehead atoms. The molecule has 0 saturated carbocycles. The van der Waals surface area contributed by atoms with E-state index in [1.807, 2.05) is 0 Å². The maximum Gasteiger partial charge on any atom is 0.352 e. The molecular formula is C19H18BrClO6. The summed E-state index contributed by atoms with van der Waals surface area (Å²) >= 11 is 9.20. The van der Waals surface area contributed by atoms with Crippen LogP contribution in [0.2, 0.25) is 5.02 Å². The highest BCUT2D eigenvalue weighted by molar-refractivity contribution is 9.10. The molecule has 27 heavy (non-hydrogen) atoms. The highest BCUT2D eigenvalue weighted by atomic mass is 79.9. The molecule has 1 atom stereocenters. The first kappa shape index (κ1) is 21.2. The van der Waals surface area contributed by atoms with Gasteiger partial charge in [0.2, 0.25) is 0 Å². The summed E-state index contributed by atoms with van der Waals surface area (Å²) in [6.07, 6.45) is -0.846. The molecule has 6 nitrogen and oxygen atoms in total. The molecule has 1 unspecified atom stereocenters. The van der Waals surface area contributed by atoms with Crippen LogP contribution in [-0.2, 0) is 14.3 Å². The minimum absolute atomic E-state index is 0.168. The van der Waals surface area contributed by atoms with Crippen LogP contribution in [0.15, 0.2) is 46.9 Å². The predicted molar refractivity (Wildman–Crippen MR) is 103 cm³/mol. The van der Waals surface area contributed by atoms with Crippen LogP contribution in [0.3, 0.4) is 0 Å². The molecule has 0 aliphatic heterocycles. The van der Waals surface area contributed by atoms with Gasteiger partial charge in [0.1, 0.15) is 18.1 Å². The normalized spacial score (nSPS) is 11.6. The molecule has 0 saturated heterocycles. The molecule has 144 valence electrons. The first-order chi connectivity index (χ1) is 12.9. The zero-order chi connectivity index (χ0) is 19.8. The van der Waals surface area contributed by atoms with Crippen molar-refractivity contribution in [2.24, 2.45) is 0 Å². The van der Waals surface area contributed by atoms with Crippen LogP contribution in [0.25, 0.3) is 0 Å². The van der Waals surface area contributed by atoms with Crippen molar-refractivity contribution in [2.75, 3.05) is 20.3 Å². The molecule has 2 rings (SSSR count). The lowest BCUT2D eigenvalue weighted by Gasteiger charge is -2.15. The first-order valence-electron chi connectivity index (χ1n) is 8.00. The highest BCUT2D eigenvalue weighted by Gasteiger charge is 2.19. The molecule has 0 heterocycles. The van der Waals surface area contributed by atoms with Gasteiger partial charge in [-0.2, -0.15) is 0 Å². The fourth-order valence-electron chi connectivity index (χ4n) is 1.97. The van der Waals surface area contributed by atoms with Crippen molar-refractivity contribution in [1.82, 2.24) is 0 Å². The van der Waals surface area contributed by atoms with Gasteiger partial charge in [-0.25, -0.2) is 9.59 Å². The predicted octanol–water partition coefficient (Wildman–Crippen LogP) is 4.28. The quantitative estimate of drug-likeness (QED) is 0.335. The Morgan fingerprint density at radius 1 is 1.11 bits per heavy atom. The SMILES string of the molecule is COCCOC(=O)c1ccc(OC(=O)C(C)Oc2ccc(Cl)cc2Br)cc1. The summed E-state index contributed by atoms with van der Waals surface area (Å²) in [4.78, 5) is 24.0. The van der Waals surface area contributed by atoms with E-state index in [1.165, 1.54) is 31.4 Å². The molecule has 0 amide bonds. The number of esters is 2. The number of methoxy groups -OCH3 is 1. The van der Waals surface area contributed by atoms with Crippen LogP contribution in [0.4, 0.5) is 0 Å². The largest absolute Gasteiger partial charge is 0.478 e. The van der Waals surface area contributed by atoms with E-state index in [2.05, 4.69) is 15.9 Å². The topological polar surface area (TPSA) is 71.1 Å². The first-order valence-corrected chi connectivity index (χ1v) is 9.17. The van der Waals surface area contributed by atoms with Crippen molar-refractivity contribution in [1.29, 1.82) is 0 Å². The second kappa shape index (κ2) is 10.3. The number of carbonyl (C=O) groups excluding carboxylic acids is 2. The second-order valence-electron chi connectivity index (χ2n) is 5.41. The van der Waals surface area contributed by atoms with Crippen LogP contribution in [0, 0.1) is 0 Å². The lowest BCUT2D eigenvalue weighted by molar-refractivity contribution is -0.141. The van der Waals surface area contributed by atoms with Gasteiger partial charge in [0.15, 0.2) is 6.10 Å². The highest BCUT2D eigenvalue weighted by Crippen LogP contribution is 2.29. The summed E-state index contributed by atoms with van der Waals surface area (Å²) in [5.74, 6) is -0.293. The van der Waals surface area contributed by atoms with Gasteiger partial charge in [0.25, 0.3) is 0 Å².